The van der Waals surface area contributed by atoms with Crippen LogP contribution in [0.2, 0.25) is 0 Å². The van der Waals surface area contributed by atoms with Crippen molar-refractivity contribution in [3.05, 3.63) is 22.7 Å². The number of rotatable bonds is 5. The fraction of sp³-hybridized carbons (Fsp3) is 0.556. The third-order valence-corrected chi connectivity index (χ3v) is 4.33. The molecule has 0 fully saturated rings. The van der Waals surface area contributed by atoms with Crippen molar-refractivity contribution in [1.82, 2.24) is 9.55 Å². The Kier molecular flexibility index (Phi) is 5.03. The van der Waals surface area contributed by atoms with Crippen molar-refractivity contribution in [1.29, 1.82) is 0 Å². The van der Waals surface area contributed by atoms with E-state index < -0.39 is 9.05 Å². The first-order chi connectivity index (χ1) is 7.81. The average molecular weight is 297 g/mol. The quantitative estimate of drug-likeness (QED) is 0.608. The second-order valence-corrected chi connectivity index (χ2v) is 7.61. The van der Waals surface area contributed by atoms with Gasteiger partial charge in [-0.2, -0.15) is 0 Å². The molecule has 0 aliphatic heterocycles. The van der Waals surface area contributed by atoms with Crippen molar-refractivity contribution >= 4 is 31.5 Å². The summed E-state index contributed by atoms with van der Waals surface area (Å²) < 4.78 is 23.0. The van der Waals surface area contributed by atoms with Crippen LogP contribution in [0.15, 0.2) is 22.2 Å². The van der Waals surface area contributed by atoms with Crippen LogP contribution in [0.3, 0.4) is 0 Å². The van der Waals surface area contributed by atoms with Gasteiger partial charge in [0.05, 0.1) is 5.75 Å². The van der Waals surface area contributed by atoms with Gasteiger partial charge < -0.3 is 4.57 Å². The minimum absolute atomic E-state index is 0.0432. The molecule has 0 aliphatic carbocycles. The molecule has 0 spiro atoms. The molecule has 1 aromatic heterocycles. The lowest BCUT2D eigenvalue weighted by atomic mass is 10.4. The molecular weight excluding hydrogens is 284 g/mol. The van der Waals surface area contributed by atoms with Gasteiger partial charge in [-0.1, -0.05) is 11.8 Å². The first-order valence-corrected chi connectivity index (χ1v) is 8.40. The molecular formula is C9H13ClN2O3S2. The van der Waals surface area contributed by atoms with Gasteiger partial charge in [-0.25, -0.2) is 13.4 Å². The van der Waals surface area contributed by atoms with Crippen molar-refractivity contribution in [2.24, 2.45) is 0 Å². The molecule has 0 aliphatic rings. The molecule has 0 amide bonds. The summed E-state index contributed by atoms with van der Waals surface area (Å²) in [5, 5.41) is 0.293. The Morgan fingerprint density at radius 1 is 1.53 bits per heavy atom. The van der Waals surface area contributed by atoms with Crippen LogP contribution in [-0.2, 0) is 9.05 Å². The molecule has 1 aromatic rings. The summed E-state index contributed by atoms with van der Waals surface area (Å²) in [6, 6.07) is 0.0432. The summed E-state index contributed by atoms with van der Waals surface area (Å²) in [6.07, 6.45) is 3.13. The van der Waals surface area contributed by atoms with Crippen LogP contribution in [0.25, 0.3) is 0 Å². The summed E-state index contributed by atoms with van der Waals surface area (Å²) >= 11 is 1.10. The van der Waals surface area contributed by atoms with E-state index in [2.05, 4.69) is 4.98 Å². The Labute approximate surface area is 109 Å². The van der Waals surface area contributed by atoms with Gasteiger partial charge in [-0.3, -0.25) is 4.79 Å². The molecule has 0 radical (unpaired) electrons. The molecule has 0 aromatic carbocycles. The first-order valence-electron chi connectivity index (χ1n) is 4.93. The van der Waals surface area contributed by atoms with Crippen LogP contribution in [0.5, 0.6) is 0 Å². The highest BCUT2D eigenvalue weighted by molar-refractivity contribution is 8.14. The molecule has 0 unspecified atom stereocenters. The van der Waals surface area contributed by atoms with Gasteiger partial charge in [0.1, 0.15) is 0 Å². The van der Waals surface area contributed by atoms with Crippen LogP contribution in [0.4, 0.5) is 0 Å². The van der Waals surface area contributed by atoms with Crippen LogP contribution in [0.1, 0.15) is 19.9 Å². The largest absolute Gasteiger partial charge is 0.309 e. The minimum Gasteiger partial charge on any atom is -0.309 e. The Morgan fingerprint density at radius 2 is 2.18 bits per heavy atom. The van der Waals surface area contributed by atoms with Gasteiger partial charge in [0.2, 0.25) is 9.05 Å². The molecule has 0 saturated heterocycles. The third kappa shape index (κ3) is 4.69. The maximum atomic E-state index is 11.9. The lowest BCUT2D eigenvalue weighted by Crippen LogP contribution is -2.23. The maximum absolute atomic E-state index is 11.9. The van der Waals surface area contributed by atoms with Gasteiger partial charge in [0, 0.05) is 34.9 Å². The first kappa shape index (κ1) is 14.5. The molecule has 0 saturated carbocycles. The van der Waals surface area contributed by atoms with E-state index in [1.54, 1.807) is 10.8 Å². The third-order valence-electron chi connectivity index (χ3n) is 1.96. The summed E-state index contributed by atoms with van der Waals surface area (Å²) in [6.45, 7) is 3.78. The Hall–Kier alpha value is -0.530. The van der Waals surface area contributed by atoms with Gasteiger partial charge >= 0.3 is 0 Å². The van der Waals surface area contributed by atoms with Crippen molar-refractivity contribution in [2.45, 2.75) is 24.9 Å². The van der Waals surface area contributed by atoms with Crippen LogP contribution < -0.4 is 5.56 Å². The number of aromatic nitrogens is 2. The lowest BCUT2D eigenvalue weighted by molar-refractivity contribution is 0.561. The Bertz CT molecular complexity index is 539. The van der Waals surface area contributed by atoms with Gasteiger partial charge in [0.25, 0.3) is 5.56 Å². The molecule has 96 valence electrons. The summed E-state index contributed by atoms with van der Waals surface area (Å²) in [7, 11) is 1.56. The lowest BCUT2D eigenvalue weighted by Gasteiger charge is -2.09. The van der Waals surface area contributed by atoms with E-state index in [0.29, 0.717) is 5.03 Å². The van der Waals surface area contributed by atoms with Crippen LogP contribution in [-0.4, -0.2) is 29.5 Å². The smallest absolute Gasteiger partial charge is 0.283 e. The Morgan fingerprint density at radius 3 is 2.71 bits per heavy atom. The molecule has 0 atom stereocenters. The monoisotopic (exact) mass is 296 g/mol. The zero-order valence-corrected chi connectivity index (χ0v) is 11.8. The second-order valence-electron chi connectivity index (χ2n) is 3.63. The number of nitrogens with zero attached hydrogens (tertiary/aromatic N) is 2. The van der Waals surface area contributed by atoms with E-state index in [9.17, 15) is 13.2 Å². The predicted molar refractivity (Wildman–Crippen MR) is 69.2 cm³/mol. The molecule has 1 rings (SSSR count). The molecule has 0 N–H and O–H groups in total. The summed E-state index contributed by atoms with van der Waals surface area (Å²) in [4.78, 5) is 15.8. The van der Waals surface area contributed by atoms with Crippen molar-refractivity contribution in [3.8, 4) is 0 Å². The number of hydrogen-bond acceptors (Lipinski definition) is 5. The topological polar surface area (TPSA) is 69.0 Å². The molecule has 5 nitrogen and oxygen atoms in total. The van der Waals surface area contributed by atoms with Crippen molar-refractivity contribution < 1.29 is 8.42 Å². The van der Waals surface area contributed by atoms with Gasteiger partial charge in [-0.05, 0) is 13.8 Å². The second kappa shape index (κ2) is 5.88. The molecule has 0 bridgehead atoms. The number of hydrogen-bond donors (Lipinski definition) is 0. The maximum Gasteiger partial charge on any atom is 0.283 e. The van der Waals surface area contributed by atoms with E-state index in [0.717, 1.165) is 11.8 Å². The highest BCUT2D eigenvalue weighted by atomic mass is 35.7. The standard InChI is InChI=1S/C9H13ClN2O3S2/c1-7(2)12-4-3-11-8(9(12)13)16-5-6-17(10,14)15/h3-4,7H,5-6H2,1-2H3. The SMILES string of the molecule is CC(C)n1ccnc(SCCS(=O)(=O)Cl)c1=O. The van der Waals surface area contributed by atoms with Crippen LogP contribution >= 0.6 is 22.4 Å². The molecule has 1 heterocycles. The average Bonchev–Trinajstić information content (AvgIpc) is 2.18. The van der Waals surface area contributed by atoms with Crippen molar-refractivity contribution in [3.63, 3.8) is 0 Å². The van der Waals surface area contributed by atoms with Gasteiger partial charge in [0.15, 0.2) is 5.03 Å². The normalized spacial score (nSPS) is 12.0. The number of halogens is 1. The van der Waals surface area contributed by atoms with Crippen molar-refractivity contribution in [2.75, 3.05) is 11.5 Å². The highest BCUT2D eigenvalue weighted by Gasteiger charge is 2.10. The van der Waals surface area contributed by atoms with E-state index in [-0.39, 0.29) is 23.1 Å². The summed E-state index contributed by atoms with van der Waals surface area (Å²) in [5.41, 5.74) is -0.209. The molecule has 8 heteroatoms. The fourth-order valence-electron chi connectivity index (χ4n) is 1.15. The molecule has 17 heavy (non-hydrogen) atoms. The van der Waals surface area contributed by atoms with E-state index in [1.807, 2.05) is 13.8 Å². The number of thioether (sulfide) groups is 1. The zero-order chi connectivity index (χ0) is 13.1. The fourth-order valence-corrected chi connectivity index (χ4v) is 3.40. The van der Waals surface area contributed by atoms with Crippen LogP contribution in [0, 0.1) is 0 Å². The zero-order valence-electron chi connectivity index (χ0n) is 9.46. The Balaban J connectivity index is 2.79. The van der Waals surface area contributed by atoms with E-state index in [1.165, 1.54) is 6.20 Å². The van der Waals surface area contributed by atoms with E-state index in [4.69, 9.17) is 10.7 Å². The highest BCUT2D eigenvalue weighted by Crippen LogP contribution is 2.12. The summed E-state index contributed by atoms with van der Waals surface area (Å²) in [5.74, 6) is 0.0348. The predicted octanol–water partition coefficient (Wildman–Crippen LogP) is 1.48. The minimum atomic E-state index is -3.52. The van der Waals surface area contributed by atoms with E-state index >= 15 is 0 Å². The van der Waals surface area contributed by atoms with Gasteiger partial charge in [-0.15, -0.1) is 0 Å².